The van der Waals surface area contributed by atoms with Crippen molar-refractivity contribution in [3.8, 4) is 5.75 Å². The zero-order valence-corrected chi connectivity index (χ0v) is 9.98. The molecule has 0 fully saturated rings. The second kappa shape index (κ2) is 3.56. The molecule has 0 spiro atoms. The fourth-order valence-electron chi connectivity index (χ4n) is 1.70. The standard InChI is InChI=1S/C12H14O2S/c1-8(13)7-9-5-4-6-10-11(9)14-12(2,3)15-10/h4-6H,7H2,1-3H3. The molecule has 1 aromatic carbocycles. The quantitative estimate of drug-likeness (QED) is 0.769. The van der Waals surface area contributed by atoms with Crippen LogP contribution in [-0.4, -0.2) is 10.7 Å². The summed E-state index contributed by atoms with van der Waals surface area (Å²) in [7, 11) is 0. The summed E-state index contributed by atoms with van der Waals surface area (Å²) in [5, 5.41) is 0. The summed E-state index contributed by atoms with van der Waals surface area (Å²) in [5.74, 6) is 1.06. The van der Waals surface area contributed by atoms with Crippen molar-refractivity contribution in [2.75, 3.05) is 0 Å². The number of Topliss-reactive ketones (excluding diaryl/α,β-unsaturated/α-hetero) is 1. The molecular formula is C12H14O2S. The fraction of sp³-hybridized carbons (Fsp3) is 0.417. The van der Waals surface area contributed by atoms with Crippen LogP contribution in [0.15, 0.2) is 23.1 Å². The number of fused-ring (bicyclic) bond motifs is 1. The van der Waals surface area contributed by atoms with E-state index in [1.807, 2.05) is 32.0 Å². The highest BCUT2D eigenvalue weighted by molar-refractivity contribution is 8.00. The van der Waals surface area contributed by atoms with Crippen LogP contribution < -0.4 is 4.74 Å². The molecule has 1 aliphatic rings. The third-order valence-corrected chi connectivity index (χ3v) is 3.32. The largest absolute Gasteiger partial charge is 0.475 e. The van der Waals surface area contributed by atoms with Crippen LogP contribution in [0.25, 0.3) is 0 Å². The molecule has 0 aliphatic carbocycles. The number of ether oxygens (including phenoxy) is 1. The molecule has 0 amide bonds. The number of benzene rings is 1. The summed E-state index contributed by atoms with van der Waals surface area (Å²) >= 11 is 1.70. The molecule has 1 aliphatic heterocycles. The van der Waals surface area contributed by atoms with Crippen molar-refractivity contribution >= 4 is 17.5 Å². The van der Waals surface area contributed by atoms with Crippen molar-refractivity contribution in [1.82, 2.24) is 0 Å². The molecule has 0 atom stereocenters. The smallest absolute Gasteiger partial charge is 0.153 e. The lowest BCUT2D eigenvalue weighted by molar-refractivity contribution is -0.116. The Morgan fingerprint density at radius 1 is 1.47 bits per heavy atom. The van der Waals surface area contributed by atoms with Crippen LogP contribution in [0.5, 0.6) is 5.75 Å². The summed E-state index contributed by atoms with van der Waals surface area (Å²) in [6.07, 6.45) is 0.458. The molecule has 1 aromatic rings. The molecule has 1 heterocycles. The average Bonchev–Trinajstić information content (AvgIpc) is 2.39. The number of carbonyl (C=O) groups is 1. The van der Waals surface area contributed by atoms with Crippen LogP contribution >= 0.6 is 11.8 Å². The predicted molar refractivity (Wildman–Crippen MR) is 61.4 cm³/mol. The van der Waals surface area contributed by atoms with Crippen LogP contribution in [0.2, 0.25) is 0 Å². The lowest BCUT2D eigenvalue weighted by Crippen LogP contribution is -2.18. The Balaban J connectivity index is 2.37. The third kappa shape index (κ3) is 2.17. The zero-order chi connectivity index (χ0) is 11.1. The first-order valence-electron chi connectivity index (χ1n) is 4.97. The molecule has 80 valence electrons. The fourth-order valence-corrected chi connectivity index (χ4v) is 2.76. The van der Waals surface area contributed by atoms with E-state index in [2.05, 4.69) is 0 Å². The van der Waals surface area contributed by atoms with Gasteiger partial charge in [-0.15, -0.1) is 0 Å². The van der Waals surface area contributed by atoms with Gasteiger partial charge in [0.25, 0.3) is 0 Å². The van der Waals surface area contributed by atoms with E-state index in [-0.39, 0.29) is 10.7 Å². The summed E-state index contributed by atoms with van der Waals surface area (Å²) in [6, 6.07) is 5.98. The Morgan fingerprint density at radius 2 is 2.20 bits per heavy atom. The number of rotatable bonds is 2. The van der Waals surface area contributed by atoms with Gasteiger partial charge in [-0.25, -0.2) is 0 Å². The number of thioether (sulfide) groups is 1. The van der Waals surface area contributed by atoms with Crippen molar-refractivity contribution < 1.29 is 9.53 Å². The van der Waals surface area contributed by atoms with Crippen molar-refractivity contribution in [3.05, 3.63) is 23.8 Å². The molecule has 0 radical (unpaired) electrons. The van der Waals surface area contributed by atoms with E-state index < -0.39 is 0 Å². The monoisotopic (exact) mass is 222 g/mol. The van der Waals surface area contributed by atoms with Crippen LogP contribution in [0.4, 0.5) is 0 Å². The van der Waals surface area contributed by atoms with Gasteiger partial charge < -0.3 is 4.74 Å². The van der Waals surface area contributed by atoms with E-state index in [1.54, 1.807) is 18.7 Å². The maximum absolute atomic E-state index is 11.1. The van der Waals surface area contributed by atoms with Gasteiger partial charge in [-0.1, -0.05) is 23.9 Å². The van der Waals surface area contributed by atoms with Gasteiger partial charge in [0.1, 0.15) is 11.5 Å². The second-order valence-corrected chi connectivity index (χ2v) is 5.85. The van der Waals surface area contributed by atoms with Crippen LogP contribution in [0, 0.1) is 0 Å². The van der Waals surface area contributed by atoms with Crippen molar-refractivity contribution in [2.45, 2.75) is 37.0 Å². The molecule has 0 saturated heterocycles. The number of ketones is 1. The molecule has 0 unspecified atom stereocenters. The maximum atomic E-state index is 11.1. The molecule has 0 saturated carbocycles. The highest BCUT2D eigenvalue weighted by Gasteiger charge is 2.32. The first-order chi connectivity index (χ1) is 6.98. The summed E-state index contributed by atoms with van der Waals surface area (Å²) < 4.78 is 5.84. The van der Waals surface area contributed by atoms with Gasteiger partial charge >= 0.3 is 0 Å². The van der Waals surface area contributed by atoms with Gasteiger partial charge in [0.05, 0.1) is 4.90 Å². The lowest BCUT2D eigenvalue weighted by Gasteiger charge is -2.16. The summed E-state index contributed by atoms with van der Waals surface area (Å²) in [5.41, 5.74) is 0.998. The highest BCUT2D eigenvalue weighted by Crippen LogP contribution is 2.48. The Hall–Kier alpha value is -0.960. The zero-order valence-electron chi connectivity index (χ0n) is 9.16. The minimum Gasteiger partial charge on any atom is -0.475 e. The van der Waals surface area contributed by atoms with Gasteiger partial charge in [0.2, 0.25) is 0 Å². The van der Waals surface area contributed by atoms with Crippen LogP contribution in [0.3, 0.4) is 0 Å². The minimum absolute atomic E-state index is 0.168. The van der Waals surface area contributed by atoms with Gasteiger partial charge in [-0.05, 0) is 26.8 Å². The number of hydrogen-bond acceptors (Lipinski definition) is 3. The topological polar surface area (TPSA) is 26.3 Å². The SMILES string of the molecule is CC(=O)Cc1cccc2c1OC(C)(C)S2. The summed E-state index contributed by atoms with van der Waals surface area (Å²) in [6.45, 7) is 5.68. The van der Waals surface area contributed by atoms with E-state index >= 15 is 0 Å². The average molecular weight is 222 g/mol. The van der Waals surface area contributed by atoms with E-state index in [4.69, 9.17) is 4.74 Å². The first kappa shape index (κ1) is 10.6. The van der Waals surface area contributed by atoms with Gasteiger partial charge in [0.15, 0.2) is 4.93 Å². The molecule has 3 heteroatoms. The Kier molecular flexibility index (Phi) is 2.51. The Labute approximate surface area is 94.0 Å². The highest BCUT2D eigenvalue weighted by atomic mass is 32.2. The van der Waals surface area contributed by atoms with Crippen molar-refractivity contribution in [2.24, 2.45) is 0 Å². The normalized spacial score (nSPS) is 17.0. The molecule has 2 rings (SSSR count). The van der Waals surface area contributed by atoms with Gasteiger partial charge in [-0.2, -0.15) is 0 Å². The number of para-hydroxylation sites is 1. The second-order valence-electron chi connectivity index (χ2n) is 4.23. The first-order valence-corrected chi connectivity index (χ1v) is 5.79. The molecule has 0 aromatic heterocycles. The number of carbonyl (C=O) groups excluding carboxylic acids is 1. The lowest BCUT2D eigenvalue weighted by atomic mass is 10.1. The Morgan fingerprint density at radius 3 is 2.87 bits per heavy atom. The summed E-state index contributed by atoms with van der Waals surface area (Å²) in [4.78, 5) is 12.0. The molecule has 0 bridgehead atoms. The molecule has 2 nitrogen and oxygen atoms in total. The Bertz CT molecular complexity index is 410. The predicted octanol–water partition coefficient (Wildman–Crippen LogP) is 3.04. The van der Waals surface area contributed by atoms with E-state index in [0.717, 1.165) is 16.2 Å². The minimum atomic E-state index is -0.213. The third-order valence-electron chi connectivity index (χ3n) is 2.20. The van der Waals surface area contributed by atoms with E-state index in [9.17, 15) is 4.79 Å². The van der Waals surface area contributed by atoms with Crippen LogP contribution in [-0.2, 0) is 11.2 Å². The van der Waals surface area contributed by atoms with Gasteiger partial charge in [0, 0.05) is 12.0 Å². The van der Waals surface area contributed by atoms with E-state index in [1.165, 1.54) is 0 Å². The molecule has 15 heavy (non-hydrogen) atoms. The molecular weight excluding hydrogens is 208 g/mol. The number of hydrogen-bond donors (Lipinski definition) is 0. The van der Waals surface area contributed by atoms with E-state index in [0.29, 0.717) is 6.42 Å². The van der Waals surface area contributed by atoms with Gasteiger partial charge in [-0.3, -0.25) is 4.79 Å². The van der Waals surface area contributed by atoms with Crippen molar-refractivity contribution in [1.29, 1.82) is 0 Å². The maximum Gasteiger partial charge on any atom is 0.153 e. The molecule has 0 N–H and O–H groups in total. The van der Waals surface area contributed by atoms with Crippen LogP contribution in [0.1, 0.15) is 26.3 Å². The van der Waals surface area contributed by atoms with Crippen molar-refractivity contribution in [3.63, 3.8) is 0 Å².